The van der Waals surface area contributed by atoms with Crippen LogP contribution in [-0.4, -0.2) is 25.9 Å². The van der Waals surface area contributed by atoms with Gasteiger partial charge in [0.25, 0.3) is 0 Å². The Labute approximate surface area is 215 Å². The fraction of sp³-hybridized carbons (Fsp3) is 0.586. The van der Waals surface area contributed by atoms with Crippen molar-refractivity contribution in [1.82, 2.24) is 0 Å². The Morgan fingerprint density at radius 2 is 1.49 bits per heavy atom. The number of aryl methyl sites for hydroxylation is 1. The largest absolute Gasteiger partial charge is 0.573 e. The minimum atomic E-state index is -4.83. The zero-order valence-corrected chi connectivity index (χ0v) is 21.2. The van der Waals surface area contributed by atoms with Gasteiger partial charge in [0.1, 0.15) is 17.4 Å². The van der Waals surface area contributed by atoms with E-state index in [9.17, 15) is 22.0 Å². The first-order chi connectivity index (χ1) is 17.7. The Kier molecular flexibility index (Phi) is 9.46. The molecule has 2 aliphatic rings. The highest BCUT2D eigenvalue weighted by atomic mass is 19.4. The van der Waals surface area contributed by atoms with E-state index in [1.807, 2.05) is 0 Å². The van der Waals surface area contributed by atoms with Crippen molar-refractivity contribution >= 4 is 0 Å². The Balaban J connectivity index is 1.25. The van der Waals surface area contributed by atoms with Crippen LogP contribution in [0.2, 0.25) is 0 Å². The molecule has 1 aliphatic carbocycles. The molecule has 0 atom stereocenters. The fourth-order valence-electron chi connectivity index (χ4n) is 5.48. The lowest BCUT2D eigenvalue weighted by molar-refractivity contribution is -0.274. The molecule has 0 spiro atoms. The highest BCUT2D eigenvalue weighted by Crippen LogP contribution is 2.37. The lowest BCUT2D eigenvalue weighted by atomic mass is 9.79. The second-order valence-electron chi connectivity index (χ2n) is 10.4. The van der Waals surface area contributed by atoms with Crippen molar-refractivity contribution in [3.63, 3.8) is 0 Å². The first kappa shape index (κ1) is 27.8. The smallest absolute Gasteiger partial charge is 0.406 e. The van der Waals surface area contributed by atoms with Gasteiger partial charge in [-0.1, -0.05) is 31.9 Å². The van der Waals surface area contributed by atoms with Crippen molar-refractivity contribution in [1.29, 1.82) is 0 Å². The lowest BCUT2D eigenvalue weighted by Gasteiger charge is -2.37. The summed E-state index contributed by atoms with van der Waals surface area (Å²) in [6, 6.07) is 7.16. The molecule has 0 N–H and O–H groups in total. The van der Waals surface area contributed by atoms with Crippen LogP contribution in [0.15, 0.2) is 36.4 Å². The first-order valence-corrected chi connectivity index (χ1v) is 13.3. The summed E-state index contributed by atoms with van der Waals surface area (Å²) in [6.07, 6.45) is 4.18. The third-order valence-corrected chi connectivity index (χ3v) is 7.55. The Hall–Kier alpha value is -2.19. The average Bonchev–Trinajstić information content (AvgIpc) is 2.87. The van der Waals surface area contributed by atoms with Crippen LogP contribution in [0.3, 0.4) is 0 Å². The van der Waals surface area contributed by atoms with E-state index in [-0.39, 0.29) is 17.4 Å². The molecule has 204 valence electrons. The summed E-state index contributed by atoms with van der Waals surface area (Å²) >= 11 is 0. The molecule has 2 aromatic rings. The average molecular weight is 527 g/mol. The van der Waals surface area contributed by atoms with Crippen LogP contribution in [0.5, 0.6) is 5.75 Å². The standard InChI is InChI=1S/C29H35F5O3/c1-2-3-4-21-17-35-28(36-18-21)23-9-7-19(8-10-23)5-6-20-15-25(30)27(26(31)16-20)22-11-13-24(14-12-22)37-29(32,33)34/h11-16,19,21,23,28H,2-10,17-18H2,1H3. The molecular formula is C29H35F5O3. The van der Waals surface area contributed by atoms with E-state index in [1.165, 1.54) is 37.1 Å². The number of benzene rings is 2. The van der Waals surface area contributed by atoms with Gasteiger partial charge in [-0.2, -0.15) is 0 Å². The predicted octanol–water partition coefficient (Wildman–Crippen LogP) is 8.45. The third kappa shape index (κ3) is 7.90. The molecule has 0 aromatic heterocycles. The van der Waals surface area contributed by atoms with Crippen molar-refractivity contribution in [3.05, 3.63) is 53.6 Å². The van der Waals surface area contributed by atoms with Crippen molar-refractivity contribution in [2.75, 3.05) is 13.2 Å². The lowest BCUT2D eigenvalue weighted by Crippen LogP contribution is -2.38. The SMILES string of the molecule is CCCCC1COC(C2CCC(CCc3cc(F)c(-c4ccc(OC(F)(F)F)cc4)c(F)c3)CC2)OC1. The molecule has 4 rings (SSSR count). The fourth-order valence-corrected chi connectivity index (χ4v) is 5.48. The van der Waals surface area contributed by atoms with Gasteiger partial charge >= 0.3 is 6.36 Å². The highest BCUT2D eigenvalue weighted by molar-refractivity contribution is 5.66. The van der Waals surface area contributed by atoms with Gasteiger partial charge in [-0.05, 0) is 86.3 Å². The summed E-state index contributed by atoms with van der Waals surface area (Å²) in [7, 11) is 0. The minimum absolute atomic E-state index is 0.108. The molecule has 0 bridgehead atoms. The molecule has 3 nitrogen and oxygen atoms in total. The number of hydrogen-bond acceptors (Lipinski definition) is 3. The molecule has 1 saturated heterocycles. The maximum absolute atomic E-state index is 14.8. The van der Waals surface area contributed by atoms with Crippen molar-refractivity contribution < 1.29 is 36.2 Å². The van der Waals surface area contributed by atoms with Crippen molar-refractivity contribution in [2.24, 2.45) is 17.8 Å². The van der Waals surface area contributed by atoms with E-state index in [0.29, 0.717) is 29.7 Å². The summed E-state index contributed by atoms with van der Waals surface area (Å²) in [5.74, 6) is -0.502. The summed E-state index contributed by atoms with van der Waals surface area (Å²) in [5, 5.41) is 0. The molecule has 0 amide bonds. The van der Waals surface area contributed by atoms with Crippen LogP contribution in [0.1, 0.15) is 63.9 Å². The second-order valence-corrected chi connectivity index (χ2v) is 10.4. The number of halogens is 5. The third-order valence-electron chi connectivity index (χ3n) is 7.55. The predicted molar refractivity (Wildman–Crippen MR) is 131 cm³/mol. The maximum Gasteiger partial charge on any atom is 0.573 e. The van der Waals surface area contributed by atoms with E-state index in [2.05, 4.69) is 11.7 Å². The van der Waals surface area contributed by atoms with Crippen molar-refractivity contribution in [2.45, 2.75) is 77.4 Å². The summed E-state index contributed by atoms with van der Waals surface area (Å²) in [6.45, 7) is 3.75. The zero-order chi connectivity index (χ0) is 26.4. The van der Waals surface area contributed by atoms with E-state index in [1.54, 1.807) is 0 Å². The van der Waals surface area contributed by atoms with Gasteiger partial charge in [0.2, 0.25) is 0 Å². The molecular weight excluding hydrogens is 491 g/mol. The van der Waals surface area contributed by atoms with Crippen LogP contribution in [-0.2, 0) is 15.9 Å². The summed E-state index contributed by atoms with van der Waals surface area (Å²) < 4.78 is 82.5. The van der Waals surface area contributed by atoms with Gasteiger partial charge in [0.15, 0.2) is 6.29 Å². The highest BCUT2D eigenvalue weighted by Gasteiger charge is 2.33. The van der Waals surface area contributed by atoms with Crippen LogP contribution < -0.4 is 4.74 Å². The number of alkyl halides is 3. The van der Waals surface area contributed by atoms with Gasteiger partial charge < -0.3 is 14.2 Å². The van der Waals surface area contributed by atoms with Crippen LogP contribution >= 0.6 is 0 Å². The Morgan fingerprint density at radius 1 is 0.865 bits per heavy atom. The van der Waals surface area contributed by atoms with Crippen LogP contribution in [0.25, 0.3) is 11.1 Å². The maximum atomic E-state index is 14.8. The van der Waals surface area contributed by atoms with Gasteiger partial charge in [-0.25, -0.2) is 8.78 Å². The number of rotatable bonds is 9. The van der Waals surface area contributed by atoms with Gasteiger partial charge in [-0.3, -0.25) is 0 Å². The number of unbranched alkanes of at least 4 members (excludes halogenated alkanes) is 1. The van der Waals surface area contributed by atoms with Crippen LogP contribution in [0.4, 0.5) is 22.0 Å². The minimum Gasteiger partial charge on any atom is -0.406 e. The van der Waals surface area contributed by atoms with Crippen LogP contribution in [0, 0.1) is 29.4 Å². The molecule has 8 heteroatoms. The van der Waals surface area contributed by atoms with E-state index < -0.39 is 23.7 Å². The molecule has 0 unspecified atom stereocenters. The van der Waals surface area contributed by atoms with Gasteiger partial charge in [-0.15, -0.1) is 13.2 Å². The summed E-state index contributed by atoms with van der Waals surface area (Å²) in [5.41, 5.74) is 0.473. The molecule has 37 heavy (non-hydrogen) atoms. The molecule has 0 radical (unpaired) electrons. The molecule has 1 heterocycles. The molecule has 2 aromatic carbocycles. The Bertz CT molecular complexity index is 969. The monoisotopic (exact) mass is 526 g/mol. The quantitative estimate of drug-likeness (QED) is 0.307. The van der Waals surface area contributed by atoms with Gasteiger partial charge in [0.05, 0.1) is 18.8 Å². The first-order valence-electron chi connectivity index (χ1n) is 13.3. The normalized spacial score (nSPS) is 24.7. The molecule has 1 saturated carbocycles. The number of hydrogen-bond donors (Lipinski definition) is 0. The van der Waals surface area contributed by atoms with Crippen molar-refractivity contribution in [3.8, 4) is 16.9 Å². The summed E-state index contributed by atoms with van der Waals surface area (Å²) in [4.78, 5) is 0. The number of ether oxygens (including phenoxy) is 3. The molecule has 2 fully saturated rings. The van der Waals surface area contributed by atoms with E-state index >= 15 is 0 Å². The second kappa shape index (κ2) is 12.6. The van der Waals surface area contributed by atoms with E-state index in [4.69, 9.17) is 9.47 Å². The zero-order valence-electron chi connectivity index (χ0n) is 21.2. The topological polar surface area (TPSA) is 27.7 Å². The van der Waals surface area contributed by atoms with Gasteiger partial charge in [0, 0.05) is 11.8 Å². The van der Waals surface area contributed by atoms with E-state index in [0.717, 1.165) is 63.9 Å². The Morgan fingerprint density at radius 3 is 2.05 bits per heavy atom. The molecule has 1 aliphatic heterocycles.